The number of benzene rings is 2. The Hall–Kier alpha value is -2.29. The Kier molecular flexibility index (Phi) is 9.36. The van der Waals surface area contributed by atoms with Crippen LogP contribution in [0.4, 0.5) is 5.69 Å². The minimum absolute atomic E-state index is 0.0952. The van der Waals surface area contributed by atoms with Gasteiger partial charge in [-0.1, -0.05) is 60.5 Å². The van der Waals surface area contributed by atoms with Crippen molar-refractivity contribution in [2.45, 2.75) is 32.9 Å². The Balaban J connectivity index is 2.39. The summed E-state index contributed by atoms with van der Waals surface area (Å²) in [6.45, 7) is 3.63. The zero-order valence-corrected chi connectivity index (χ0v) is 20.5. The average molecular weight is 500 g/mol. The molecule has 1 atom stereocenters. The van der Waals surface area contributed by atoms with Crippen molar-refractivity contribution < 1.29 is 18.0 Å². The molecule has 0 aliphatic heterocycles. The van der Waals surface area contributed by atoms with Gasteiger partial charge in [0, 0.05) is 18.1 Å². The molecular formula is C22H27Cl2N3O4S. The van der Waals surface area contributed by atoms with Crippen LogP contribution < -0.4 is 9.62 Å². The fourth-order valence-electron chi connectivity index (χ4n) is 3.03. The lowest BCUT2D eigenvalue weighted by Gasteiger charge is -2.31. The predicted octanol–water partition coefficient (Wildman–Crippen LogP) is 3.70. The quantitative estimate of drug-likeness (QED) is 0.539. The lowest BCUT2D eigenvalue weighted by atomic mass is 10.1. The topological polar surface area (TPSA) is 86.8 Å². The van der Waals surface area contributed by atoms with E-state index in [-0.39, 0.29) is 28.2 Å². The standard InChI is InChI=1S/C22H27Cl2N3O4S/c1-4-12-25-22(29)16(2)26(14-17-8-6-5-7-9-17)21(28)15-27(32(3,30)31)20-13-18(23)10-11-19(20)24/h5-11,13,16H,4,12,14-15H2,1-3H3,(H,25,29)/t16-/m1/s1. The van der Waals surface area contributed by atoms with Crippen LogP contribution in [0.5, 0.6) is 0 Å². The van der Waals surface area contributed by atoms with E-state index in [1.54, 1.807) is 6.92 Å². The van der Waals surface area contributed by atoms with Gasteiger partial charge in [0.15, 0.2) is 0 Å². The van der Waals surface area contributed by atoms with Gasteiger partial charge in [0.25, 0.3) is 0 Å². The van der Waals surface area contributed by atoms with Crippen molar-refractivity contribution in [2.24, 2.45) is 0 Å². The van der Waals surface area contributed by atoms with Crippen molar-refractivity contribution in [1.82, 2.24) is 10.2 Å². The lowest BCUT2D eigenvalue weighted by molar-refractivity contribution is -0.139. The largest absolute Gasteiger partial charge is 0.354 e. The predicted molar refractivity (Wildman–Crippen MR) is 128 cm³/mol. The minimum atomic E-state index is -3.88. The molecule has 0 fully saturated rings. The number of hydrogen-bond acceptors (Lipinski definition) is 4. The second-order valence-electron chi connectivity index (χ2n) is 7.34. The number of rotatable bonds is 10. The summed E-state index contributed by atoms with van der Waals surface area (Å²) < 4.78 is 26.0. The third-order valence-corrected chi connectivity index (χ3v) is 6.45. The van der Waals surface area contributed by atoms with Gasteiger partial charge in [0.1, 0.15) is 12.6 Å². The normalized spacial score (nSPS) is 12.2. The van der Waals surface area contributed by atoms with Crippen LogP contribution in [0.3, 0.4) is 0 Å². The first-order chi connectivity index (χ1) is 15.0. The molecule has 2 amide bonds. The molecule has 2 rings (SSSR count). The molecule has 2 aromatic rings. The van der Waals surface area contributed by atoms with E-state index in [4.69, 9.17) is 23.2 Å². The first-order valence-corrected chi connectivity index (χ1v) is 12.7. The van der Waals surface area contributed by atoms with Crippen molar-refractivity contribution in [3.8, 4) is 0 Å². The van der Waals surface area contributed by atoms with Crippen LogP contribution in [0, 0.1) is 0 Å². The molecule has 174 valence electrons. The van der Waals surface area contributed by atoms with E-state index in [1.807, 2.05) is 37.3 Å². The molecule has 0 bridgehead atoms. The zero-order valence-electron chi connectivity index (χ0n) is 18.2. The van der Waals surface area contributed by atoms with E-state index in [0.29, 0.717) is 6.54 Å². The molecule has 7 nitrogen and oxygen atoms in total. The van der Waals surface area contributed by atoms with Gasteiger partial charge in [0.05, 0.1) is 17.0 Å². The maximum absolute atomic E-state index is 13.4. The average Bonchev–Trinajstić information content (AvgIpc) is 2.75. The fraction of sp³-hybridized carbons (Fsp3) is 0.364. The molecule has 0 aliphatic rings. The van der Waals surface area contributed by atoms with Crippen molar-refractivity contribution in [3.63, 3.8) is 0 Å². The van der Waals surface area contributed by atoms with E-state index in [2.05, 4.69) is 5.32 Å². The highest BCUT2D eigenvalue weighted by molar-refractivity contribution is 7.92. The number of nitrogens with one attached hydrogen (secondary N) is 1. The molecule has 0 unspecified atom stereocenters. The molecule has 0 spiro atoms. The summed E-state index contributed by atoms with van der Waals surface area (Å²) in [6, 6.07) is 12.7. The van der Waals surface area contributed by atoms with Crippen LogP contribution >= 0.6 is 23.2 Å². The Labute approximate surface area is 199 Å². The maximum Gasteiger partial charge on any atom is 0.244 e. The summed E-state index contributed by atoms with van der Waals surface area (Å²) >= 11 is 12.2. The molecule has 2 aromatic carbocycles. The van der Waals surface area contributed by atoms with Crippen LogP contribution in [0.25, 0.3) is 0 Å². The maximum atomic E-state index is 13.4. The monoisotopic (exact) mass is 499 g/mol. The van der Waals surface area contributed by atoms with Crippen molar-refractivity contribution in [3.05, 3.63) is 64.1 Å². The molecule has 0 saturated heterocycles. The Morgan fingerprint density at radius 2 is 1.75 bits per heavy atom. The molecule has 32 heavy (non-hydrogen) atoms. The summed E-state index contributed by atoms with van der Waals surface area (Å²) in [6.07, 6.45) is 1.73. The number of sulfonamides is 1. The van der Waals surface area contributed by atoms with Gasteiger partial charge in [-0.05, 0) is 37.1 Å². The van der Waals surface area contributed by atoms with Crippen LogP contribution in [0.15, 0.2) is 48.5 Å². The van der Waals surface area contributed by atoms with Crippen LogP contribution in [-0.4, -0.2) is 50.5 Å². The van der Waals surface area contributed by atoms with Gasteiger partial charge in [0.2, 0.25) is 21.8 Å². The second-order valence-corrected chi connectivity index (χ2v) is 10.1. The molecule has 1 N–H and O–H groups in total. The van der Waals surface area contributed by atoms with E-state index in [0.717, 1.165) is 22.5 Å². The number of carbonyl (C=O) groups excluding carboxylic acids is 2. The number of carbonyl (C=O) groups is 2. The van der Waals surface area contributed by atoms with E-state index in [1.165, 1.54) is 23.1 Å². The van der Waals surface area contributed by atoms with Crippen molar-refractivity contribution in [1.29, 1.82) is 0 Å². The zero-order chi connectivity index (χ0) is 23.9. The van der Waals surface area contributed by atoms with Crippen LogP contribution in [0.2, 0.25) is 10.0 Å². The van der Waals surface area contributed by atoms with E-state index in [9.17, 15) is 18.0 Å². The lowest BCUT2D eigenvalue weighted by Crippen LogP contribution is -2.51. The summed E-state index contributed by atoms with van der Waals surface area (Å²) in [5.74, 6) is -0.864. The first-order valence-electron chi connectivity index (χ1n) is 10.1. The number of halogens is 2. The van der Waals surface area contributed by atoms with Crippen molar-refractivity contribution >= 4 is 50.7 Å². The highest BCUT2D eigenvalue weighted by Crippen LogP contribution is 2.30. The van der Waals surface area contributed by atoms with Gasteiger partial charge < -0.3 is 10.2 Å². The SMILES string of the molecule is CCCNC(=O)[C@@H](C)N(Cc1ccccc1)C(=O)CN(c1cc(Cl)ccc1Cl)S(C)(=O)=O. The summed E-state index contributed by atoms with van der Waals surface area (Å²) in [4.78, 5) is 27.3. The van der Waals surface area contributed by atoms with Crippen molar-refractivity contribution in [2.75, 3.05) is 23.7 Å². The second kappa shape index (κ2) is 11.5. The summed E-state index contributed by atoms with van der Waals surface area (Å²) in [5.41, 5.74) is 0.903. The molecule has 0 aromatic heterocycles. The molecule has 0 saturated carbocycles. The van der Waals surface area contributed by atoms with Gasteiger partial charge >= 0.3 is 0 Å². The smallest absolute Gasteiger partial charge is 0.244 e. The first kappa shape index (κ1) is 26.0. The third-order valence-electron chi connectivity index (χ3n) is 4.77. The third kappa shape index (κ3) is 7.12. The number of nitrogens with zero attached hydrogens (tertiary/aromatic N) is 2. The van der Waals surface area contributed by atoms with Gasteiger partial charge in [-0.2, -0.15) is 0 Å². The molecule has 0 heterocycles. The molecular weight excluding hydrogens is 473 g/mol. The number of anilines is 1. The number of amides is 2. The summed E-state index contributed by atoms with van der Waals surface area (Å²) in [7, 11) is -3.88. The fourth-order valence-corrected chi connectivity index (χ4v) is 4.32. The van der Waals surface area contributed by atoms with Crippen LogP contribution in [-0.2, 0) is 26.2 Å². The molecule has 0 radical (unpaired) electrons. The minimum Gasteiger partial charge on any atom is -0.354 e. The highest BCUT2D eigenvalue weighted by Gasteiger charge is 2.30. The van der Waals surface area contributed by atoms with E-state index >= 15 is 0 Å². The van der Waals surface area contributed by atoms with Gasteiger partial charge in [-0.3, -0.25) is 13.9 Å². The Morgan fingerprint density at radius 3 is 2.34 bits per heavy atom. The van der Waals surface area contributed by atoms with Gasteiger partial charge in [-0.25, -0.2) is 8.42 Å². The van der Waals surface area contributed by atoms with E-state index < -0.39 is 28.5 Å². The van der Waals surface area contributed by atoms with Gasteiger partial charge in [-0.15, -0.1) is 0 Å². The molecule has 10 heteroatoms. The number of hydrogen-bond donors (Lipinski definition) is 1. The Bertz CT molecular complexity index is 1050. The highest BCUT2D eigenvalue weighted by atomic mass is 35.5. The Morgan fingerprint density at radius 1 is 1.09 bits per heavy atom. The molecule has 0 aliphatic carbocycles. The van der Waals surface area contributed by atoms with Crippen LogP contribution in [0.1, 0.15) is 25.8 Å². The summed E-state index contributed by atoms with van der Waals surface area (Å²) in [5, 5.41) is 3.19.